The van der Waals surface area contributed by atoms with Crippen molar-refractivity contribution in [2.24, 2.45) is 0 Å². The minimum absolute atomic E-state index is 0. The number of ether oxygens (including phenoxy) is 2. The molecule has 0 bridgehead atoms. The van der Waals surface area contributed by atoms with E-state index in [1.165, 1.54) is 40.7 Å². The predicted octanol–water partition coefficient (Wildman–Crippen LogP) is 9.64. The fourth-order valence-electron chi connectivity index (χ4n) is 4.71. The van der Waals surface area contributed by atoms with Crippen LogP contribution in [-0.2, 0) is 32.6 Å². The van der Waals surface area contributed by atoms with Gasteiger partial charge in [0.05, 0.1) is 0 Å². The lowest BCUT2D eigenvalue weighted by Gasteiger charge is -2.08. The molecule has 0 spiro atoms. The number of unbranched alkanes of at least 4 members (excludes halogenated alkanes) is 1. The Bertz CT molecular complexity index is 1440. The Labute approximate surface area is 294 Å². The van der Waals surface area contributed by atoms with Gasteiger partial charge in [-0.05, 0) is 91.0 Å². The molecule has 250 valence electrons. The Morgan fingerprint density at radius 2 is 0.830 bits per heavy atom. The first-order valence-corrected chi connectivity index (χ1v) is 16.2. The number of benzene rings is 5. The summed E-state index contributed by atoms with van der Waals surface area (Å²) < 4.78 is 11.6. The monoisotopic (exact) mass is 672 g/mol. The van der Waals surface area contributed by atoms with E-state index in [0.717, 1.165) is 50.5 Å². The van der Waals surface area contributed by atoms with Gasteiger partial charge in [0.2, 0.25) is 0 Å². The van der Waals surface area contributed by atoms with Crippen molar-refractivity contribution in [3.8, 4) is 11.5 Å². The highest BCUT2D eigenvalue weighted by atomic mass is 35.5. The van der Waals surface area contributed by atoms with Gasteiger partial charge in [0.25, 0.3) is 0 Å². The summed E-state index contributed by atoms with van der Waals surface area (Å²) in [6, 6.07) is 47.8. The van der Waals surface area contributed by atoms with Crippen molar-refractivity contribution in [2.45, 2.75) is 52.4 Å². The Morgan fingerprint density at radius 3 is 1.26 bits per heavy atom. The quantitative estimate of drug-likeness (QED) is 0.0966. The normalized spacial score (nSPS) is 10.1. The van der Waals surface area contributed by atoms with E-state index in [0.29, 0.717) is 13.2 Å². The molecule has 0 aromatic heterocycles. The molecule has 0 aliphatic heterocycles. The molecule has 0 saturated carbocycles. The van der Waals surface area contributed by atoms with E-state index in [4.69, 9.17) is 9.47 Å². The van der Waals surface area contributed by atoms with Crippen LogP contribution in [0.25, 0.3) is 0 Å². The van der Waals surface area contributed by atoms with Crippen LogP contribution in [0.4, 0.5) is 0 Å². The lowest BCUT2D eigenvalue weighted by Crippen LogP contribution is -2.18. The molecule has 0 radical (unpaired) electrons. The third-order valence-corrected chi connectivity index (χ3v) is 7.40. The van der Waals surface area contributed by atoms with Crippen LogP contribution in [0.2, 0.25) is 0 Å². The summed E-state index contributed by atoms with van der Waals surface area (Å²) in [5, 5.41) is 6.94. The Kier molecular flexibility index (Phi) is 20.4. The van der Waals surface area contributed by atoms with E-state index >= 15 is 0 Å². The average Bonchev–Trinajstić information content (AvgIpc) is 3.11. The third-order valence-electron chi connectivity index (χ3n) is 7.40. The van der Waals surface area contributed by atoms with Gasteiger partial charge in [-0.15, -0.1) is 24.8 Å². The molecule has 4 nitrogen and oxygen atoms in total. The van der Waals surface area contributed by atoms with Gasteiger partial charge in [0.1, 0.15) is 24.7 Å². The molecule has 0 unspecified atom stereocenters. The van der Waals surface area contributed by atoms with Gasteiger partial charge in [0, 0.05) is 6.54 Å². The van der Waals surface area contributed by atoms with Crippen molar-refractivity contribution in [3.63, 3.8) is 0 Å². The molecule has 5 aromatic rings. The number of hydrogen-bond acceptors (Lipinski definition) is 4. The summed E-state index contributed by atoms with van der Waals surface area (Å²) in [6.45, 7) is 7.50. The lowest BCUT2D eigenvalue weighted by molar-refractivity contribution is 0.306. The second-order valence-electron chi connectivity index (χ2n) is 11.1. The van der Waals surface area contributed by atoms with E-state index in [1.807, 2.05) is 42.5 Å². The van der Waals surface area contributed by atoms with Crippen molar-refractivity contribution in [2.75, 3.05) is 19.6 Å². The van der Waals surface area contributed by atoms with Crippen molar-refractivity contribution in [3.05, 3.63) is 167 Å². The molecule has 0 atom stereocenters. The third kappa shape index (κ3) is 16.5. The first-order chi connectivity index (χ1) is 22.3. The molecule has 0 aliphatic rings. The highest BCUT2D eigenvalue weighted by Crippen LogP contribution is 2.16. The molecular formula is C41H50Cl2N2O2. The molecule has 5 rings (SSSR count). The fourth-order valence-corrected chi connectivity index (χ4v) is 4.71. The van der Waals surface area contributed by atoms with Crippen LogP contribution in [0.3, 0.4) is 0 Å². The summed E-state index contributed by atoms with van der Waals surface area (Å²) in [7, 11) is 0. The van der Waals surface area contributed by atoms with Crippen LogP contribution < -0.4 is 20.1 Å². The SMILES string of the molecule is CCCCNCCc1ccc(OCc2ccccc2)cc1.Cl.Cl.c1ccc(CNCCc2ccc(OCc3ccccc3)cc2)cc1. The second-order valence-corrected chi connectivity index (χ2v) is 11.1. The zero-order chi connectivity index (χ0) is 31.2. The standard InChI is InChI=1S/C22H23NO.C19H25NO.2ClH/c1-3-7-20(8-4-1)17-23-16-15-19-11-13-22(14-12-19)24-18-21-9-5-2-6-10-21;1-2-3-14-20-15-13-17-9-11-19(12-10-17)21-16-18-7-5-4-6-8-18;;/h1-14,23H,15-18H2;4-12,20H,2-3,13-16H2,1H3;2*1H. The first-order valence-electron chi connectivity index (χ1n) is 16.2. The molecule has 47 heavy (non-hydrogen) atoms. The van der Waals surface area contributed by atoms with Crippen LogP contribution in [0, 0.1) is 0 Å². The van der Waals surface area contributed by atoms with Crippen molar-refractivity contribution in [1.82, 2.24) is 10.6 Å². The molecule has 0 fully saturated rings. The average molecular weight is 674 g/mol. The van der Waals surface area contributed by atoms with Gasteiger partial charge < -0.3 is 20.1 Å². The van der Waals surface area contributed by atoms with E-state index in [9.17, 15) is 0 Å². The van der Waals surface area contributed by atoms with E-state index in [1.54, 1.807) is 0 Å². The zero-order valence-electron chi connectivity index (χ0n) is 27.5. The smallest absolute Gasteiger partial charge is 0.119 e. The van der Waals surface area contributed by atoms with Gasteiger partial charge in [-0.1, -0.05) is 129 Å². The Morgan fingerprint density at radius 1 is 0.426 bits per heavy atom. The van der Waals surface area contributed by atoms with Crippen molar-refractivity contribution >= 4 is 24.8 Å². The number of hydrogen-bond donors (Lipinski definition) is 2. The van der Waals surface area contributed by atoms with E-state index in [2.05, 4.69) is 115 Å². The molecule has 0 saturated heterocycles. The van der Waals surface area contributed by atoms with Crippen LogP contribution in [-0.4, -0.2) is 19.6 Å². The highest BCUT2D eigenvalue weighted by Gasteiger charge is 1.99. The Balaban J connectivity index is 0.000000316. The summed E-state index contributed by atoms with van der Waals surface area (Å²) in [6.07, 6.45) is 4.60. The minimum Gasteiger partial charge on any atom is -0.489 e. The zero-order valence-corrected chi connectivity index (χ0v) is 29.1. The first kappa shape index (κ1) is 39.4. The number of rotatable bonds is 17. The molecule has 2 N–H and O–H groups in total. The Hall–Kier alpha value is -3.80. The summed E-state index contributed by atoms with van der Waals surface area (Å²) >= 11 is 0. The van der Waals surface area contributed by atoms with E-state index in [-0.39, 0.29) is 24.8 Å². The van der Waals surface area contributed by atoms with Gasteiger partial charge >= 0.3 is 0 Å². The van der Waals surface area contributed by atoms with Crippen LogP contribution >= 0.6 is 24.8 Å². The van der Waals surface area contributed by atoms with E-state index < -0.39 is 0 Å². The molecule has 0 heterocycles. The van der Waals surface area contributed by atoms with Gasteiger partial charge in [0.15, 0.2) is 0 Å². The lowest BCUT2D eigenvalue weighted by atomic mass is 10.1. The maximum Gasteiger partial charge on any atom is 0.119 e. The van der Waals surface area contributed by atoms with Gasteiger partial charge in [-0.3, -0.25) is 0 Å². The number of nitrogens with one attached hydrogen (secondary N) is 2. The largest absolute Gasteiger partial charge is 0.489 e. The van der Waals surface area contributed by atoms with Crippen LogP contribution in [0.5, 0.6) is 11.5 Å². The maximum absolute atomic E-state index is 5.81. The topological polar surface area (TPSA) is 42.5 Å². The van der Waals surface area contributed by atoms with Crippen LogP contribution in [0.15, 0.2) is 140 Å². The minimum atomic E-state index is 0. The molecule has 0 aliphatic carbocycles. The molecular weight excluding hydrogens is 623 g/mol. The highest BCUT2D eigenvalue weighted by molar-refractivity contribution is 5.85. The summed E-state index contributed by atoms with van der Waals surface area (Å²) in [4.78, 5) is 0. The van der Waals surface area contributed by atoms with Crippen molar-refractivity contribution in [1.29, 1.82) is 0 Å². The van der Waals surface area contributed by atoms with Gasteiger partial charge in [-0.25, -0.2) is 0 Å². The summed E-state index contributed by atoms with van der Waals surface area (Å²) in [5.41, 5.74) is 6.38. The molecule has 0 amide bonds. The number of halogens is 2. The second kappa shape index (κ2) is 24.4. The maximum atomic E-state index is 5.81. The van der Waals surface area contributed by atoms with Crippen molar-refractivity contribution < 1.29 is 9.47 Å². The predicted molar refractivity (Wildman–Crippen MR) is 202 cm³/mol. The fraction of sp³-hybridized carbons (Fsp3) is 0.268. The molecule has 6 heteroatoms. The molecule has 5 aromatic carbocycles. The summed E-state index contributed by atoms with van der Waals surface area (Å²) in [5.74, 6) is 1.85. The van der Waals surface area contributed by atoms with Gasteiger partial charge in [-0.2, -0.15) is 0 Å². The van der Waals surface area contributed by atoms with Crippen LogP contribution in [0.1, 0.15) is 47.6 Å².